The fourth-order valence-corrected chi connectivity index (χ4v) is 3.72. The molecular weight excluding hydrogens is 196 g/mol. The molecule has 0 aromatic heterocycles. The van der Waals surface area contributed by atoms with Gasteiger partial charge in [0.05, 0.1) is 0 Å². The van der Waals surface area contributed by atoms with E-state index in [1.807, 2.05) is 0 Å². The fraction of sp³-hybridized carbons (Fsp3) is 0.933. The number of carbonyl (C=O) groups is 1. The minimum atomic E-state index is -0.133. The van der Waals surface area contributed by atoms with Crippen LogP contribution in [0.25, 0.3) is 0 Å². The fourth-order valence-electron chi connectivity index (χ4n) is 3.72. The summed E-state index contributed by atoms with van der Waals surface area (Å²) in [5.41, 5.74) is -0.133. The molecule has 0 bridgehead atoms. The van der Waals surface area contributed by atoms with Crippen molar-refractivity contribution in [1.82, 2.24) is 0 Å². The quantitative estimate of drug-likeness (QED) is 0.649. The molecule has 0 aromatic rings. The van der Waals surface area contributed by atoms with Crippen LogP contribution < -0.4 is 0 Å². The molecule has 0 heterocycles. The summed E-state index contributed by atoms with van der Waals surface area (Å²) >= 11 is 0. The number of hydrogen-bond donors (Lipinski definition) is 0. The van der Waals surface area contributed by atoms with Crippen molar-refractivity contribution in [3.8, 4) is 0 Å². The first-order valence-electron chi connectivity index (χ1n) is 7.03. The average Bonchev–Trinajstić information content (AvgIpc) is 2.26. The lowest BCUT2D eigenvalue weighted by atomic mass is 9.64. The first-order chi connectivity index (χ1) is 7.48. The van der Waals surface area contributed by atoms with E-state index in [0.29, 0.717) is 11.7 Å². The normalized spacial score (nSPS) is 35.6. The van der Waals surface area contributed by atoms with Gasteiger partial charge in [-0.3, -0.25) is 4.79 Å². The van der Waals surface area contributed by atoms with Gasteiger partial charge in [0.1, 0.15) is 5.78 Å². The lowest BCUT2D eigenvalue weighted by Gasteiger charge is -2.40. The lowest BCUT2D eigenvalue weighted by molar-refractivity contribution is -0.132. The molecule has 0 amide bonds. The molecule has 2 fully saturated rings. The van der Waals surface area contributed by atoms with E-state index in [0.717, 1.165) is 18.3 Å². The number of ketones is 1. The minimum Gasteiger partial charge on any atom is -0.299 e. The highest BCUT2D eigenvalue weighted by molar-refractivity contribution is 5.86. The van der Waals surface area contributed by atoms with Crippen LogP contribution in [0.3, 0.4) is 0 Å². The summed E-state index contributed by atoms with van der Waals surface area (Å²) in [4.78, 5) is 12.3. The Morgan fingerprint density at radius 1 is 0.938 bits per heavy atom. The van der Waals surface area contributed by atoms with Crippen LogP contribution in [-0.2, 0) is 4.79 Å². The van der Waals surface area contributed by atoms with Crippen molar-refractivity contribution < 1.29 is 4.79 Å². The summed E-state index contributed by atoms with van der Waals surface area (Å²) in [6.45, 7) is 6.22. The van der Waals surface area contributed by atoms with E-state index in [1.165, 1.54) is 38.5 Å². The third-order valence-electron chi connectivity index (χ3n) is 4.65. The number of rotatable bonds is 1. The molecule has 1 heteroatoms. The second-order valence-electron chi connectivity index (χ2n) is 6.93. The molecule has 0 saturated heterocycles. The highest BCUT2D eigenvalue weighted by Gasteiger charge is 2.38. The maximum absolute atomic E-state index is 12.3. The van der Waals surface area contributed by atoms with Crippen molar-refractivity contribution >= 4 is 5.78 Å². The summed E-state index contributed by atoms with van der Waals surface area (Å²) in [6, 6.07) is 0. The van der Waals surface area contributed by atoms with Crippen LogP contribution >= 0.6 is 0 Å². The lowest BCUT2D eigenvalue weighted by Crippen LogP contribution is -2.36. The maximum Gasteiger partial charge on any atom is 0.141 e. The summed E-state index contributed by atoms with van der Waals surface area (Å²) < 4.78 is 0. The van der Waals surface area contributed by atoms with Gasteiger partial charge in [0.25, 0.3) is 0 Å². The summed E-state index contributed by atoms with van der Waals surface area (Å²) in [6.07, 6.45) is 9.32. The van der Waals surface area contributed by atoms with Gasteiger partial charge in [-0.15, -0.1) is 0 Å². The van der Waals surface area contributed by atoms with Gasteiger partial charge in [-0.05, 0) is 31.1 Å². The molecule has 2 aliphatic carbocycles. The molecule has 0 aromatic carbocycles. The van der Waals surface area contributed by atoms with Crippen LogP contribution in [0, 0.1) is 23.2 Å². The molecule has 2 aliphatic rings. The van der Waals surface area contributed by atoms with Gasteiger partial charge in [-0.25, -0.2) is 0 Å². The second kappa shape index (κ2) is 4.50. The van der Waals surface area contributed by atoms with E-state index < -0.39 is 0 Å². The van der Waals surface area contributed by atoms with Crippen LogP contribution in [0.1, 0.15) is 65.7 Å². The van der Waals surface area contributed by atoms with Gasteiger partial charge in [0, 0.05) is 11.3 Å². The Bertz CT molecular complexity index is 261. The van der Waals surface area contributed by atoms with E-state index in [9.17, 15) is 4.79 Å². The zero-order valence-corrected chi connectivity index (χ0v) is 11.1. The van der Waals surface area contributed by atoms with E-state index in [4.69, 9.17) is 0 Å². The van der Waals surface area contributed by atoms with Crippen LogP contribution in [0.15, 0.2) is 0 Å². The Hall–Kier alpha value is -0.330. The third-order valence-corrected chi connectivity index (χ3v) is 4.65. The number of hydrogen-bond acceptors (Lipinski definition) is 1. The monoisotopic (exact) mass is 222 g/mol. The maximum atomic E-state index is 12.3. The predicted molar refractivity (Wildman–Crippen MR) is 67.3 cm³/mol. The Labute approximate surface area is 100.0 Å². The molecule has 3 unspecified atom stereocenters. The number of fused-ring (bicyclic) bond motifs is 1. The largest absolute Gasteiger partial charge is 0.299 e. The minimum absolute atomic E-state index is 0.133. The van der Waals surface area contributed by atoms with E-state index in [-0.39, 0.29) is 5.41 Å². The Balaban J connectivity index is 1.97. The van der Waals surface area contributed by atoms with Gasteiger partial charge < -0.3 is 0 Å². The predicted octanol–water partition coefficient (Wildman–Crippen LogP) is 4.21. The zero-order valence-electron chi connectivity index (χ0n) is 11.1. The third kappa shape index (κ3) is 2.49. The van der Waals surface area contributed by atoms with E-state index >= 15 is 0 Å². The molecular formula is C15H26O. The molecule has 2 saturated carbocycles. The highest BCUT2D eigenvalue weighted by Crippen LogP contribution is 2.44. The van der Waals surface area contributed by atoms with Gasteiger partial charge in [0.15, 0.2) is 0 Å². The van der Waals surface area contributed by atoms with Gasteiger partial charge in [0.2, 0.25) is 0 Å². The van der Waals surface area contributed by atoms with Crippen LogP contribution in [0.2, 0.25) is 0 Å². The summed E-state index contributed by atoms with van der Waals surface area (Å²) in [5.74, 6) is 2.72. The van der Waals surface area contributed by atoms with Crippen LogP contribution in [0.5, 0.6) is 0 Å². The van der Waals surface area contributed by atoms with Crippen molar-refractivity contribution in [2.24, 2.45) is 23.2 Å². The molecule has 1 nitrogen and oxygen atoms in total. The van der Waals surface area contributed by atoms with Crippen LogP contribution in [0.4, 0.5) is 0 Å². The molecule has 3 atom stereocenters. The standard InChI is InChI=1S/C15H26O/c1-15(2,3)14(16)13-9-8-11-6-4-5-7-12(11)10-13/h11-13H,4-10H2,1-3H3. The topological polar surface area (TPSA) is 17.1 Å². The molecule has 0 N–H and O–H groups in total. The Kier molecular flexibility index (Phi) is 3.42. The van der Waals surface area contributed by atoms with Crippen molar-refractivity contribution in [2.45, 2.75) is 65.7 Å². The van der Waals surface area contributed by atoms with E-state index in [1.54, 1.807) is 0 Å². The number of Topliss-reactive ketones (excluding diaryl/α,β-unsaturated/α-hetero) is 1. The van der Waals surface area contributed by atoms with E-state index in [2.05, 4.69) is 20.8 Å². The smallest absolute Gasteiger partial charge is 0.141 e. The first-order valence-corrected chi connectivity index (χ1v) is 7.03. The molecule has 16 heavy (non-hydrogen) atoms. The molecule has 0 radical (unpaired) electrons. The Morgan fingerprint density at radius 3 is 2.19 bits per heavy atom. The molecule has 2 rings (SSSR count). The van der Waals surface area contributed by atoms with Gasteiger partial charge in [-0.2, -0.15) is 0 Å². The SMILES string of the molecule is CC(C)(C)C(=O)C1CCC2CCCCC2C1. The average molecular weight is 222 g/mol. The molecule has 92 valence electrons. The van der Waals surface area contributed by atoms with Crippen molar-refractivity contribution in [3.63, 3.8) is 0 Å². The summed E-state index contributed by atoms with van der Waals surface area (Å²) in [5, 5.41) is 0. The zero-order chi connectivity index (χ0) is 11.8. The summed E-state index contributed by atoms with van der Waals surface area (Å²) in [7, 11) is 0. The van der Waals surface area contributed by atoms with Crippen molar-refractivity contribution in [1.29, 1.82) is 0 Å². The molecule has 0 spiro atoms. The van der Waals surface area contributed by atoms with Gasteiger partial charge >= 0.3 is 0 Å². The first kappa shape index (κ1) is 12.1. The van der Waals surface area contributed by atoms with Crippen molar-refractivity contribution in [2.75, 3.05) is 0 Å². The van der Waals surface area contributed by atoms with Crippen molar-refractivity contribution in [3.05, 3.63) is 0 Å². The Morgan fingerprint density at radius 2 is 1.56 bits per heavy atom. The van der Waals surface area contributed by atoms with Gasteiger partial charge in [-0.1, -0.05) is 46.5 Å². The second-order valence-corrected chi connectivity index (χ2v) is 6.93. The van der Waals surface area contributed by atoms with Crippen LogP contribution in [-0.4, -0.2) is 5.78 Å². The number of carbonyl (C=O) groups excluding carboxylic acids is 1. The molecule has 0 aliphatic heterocycles. The highest BCUT2D eigenvalue weighted by atomic mass is 16.1.